The van der Waals surface area contributed by atoms with Gasteiger partial charge in [0.1, 0.15) is 5.00 Å². The molecule has 5 nitrogen and oxygen atoms in total. The van der Waals surface area contributed by atoms with Gasteiger partial charge in [-0.15, -0.1) is 11.3 Å². The van der Waals surface area contributed by atoms with Crippen molar-refractivity contribution in [2.75, 3.05) is 0 Å². The van der Waals surface area contributed by atoms with Crippen LogP contribution >= 0.6 is 11.3 Å². The van der Waals surface area contributed by atoms with Crippen LogP contribution in [0.1, 0.15) is 20.0 Å². The molecule has 0 saturated carbocycles. The van der Waals surface area contributed by atoms with Crippen LogP contribution in [0.3, 0.4) is 0 Å². The Balaban J connectivity index is 2.36. The number of nitrogens with zero attached hydrogens (tertiary/aromatic N) is 2. The van der Waals surface area contributed by atoms with Gasteiger partial charge in [-0.3, -0.25) is 9.59 Å². The van der Waals surface area contributed by atoms with Gasteiger partial charge in [-0.05, 0) is 12.1 Å². The third kappa shape index (κ3) is 1.79. The molecule has 0 bridgehead atoms. The van der Waals surface area contributed by atoms with Crippen LogP contribution in [0.4, 0.5) is 0 Å². The van der Waals surface area contributed by atoms with E-state index in [0.29, 0.717) is 10.4 Å². The van der Waals surface area contributed by atoms with Crippen LogP contribution < -0.4 is 5.73 Å². The zero-order chi connectivity index (χ0) is 10.8. The summed E-state index contributed by atoms with van der Waals surface area (Å²) < 4.78 is 1.51. The van der Waals surface area contributed by atoms with Gasteiger partial charge in [0.05, 0.1) is 16.6 Å². The van der Waals surface area contributed by atoms with Crippen LogP contribution in [-0.2, 0) is 0 Å². The van der Waals surface area contributed by atoms with Gasteiger partial charge >= 0.3 is 0 Å². The number of hydrogen-bond acceptors (Lipinski definition) is 4. The number of carbonyl (C=O) groups is 2. The summed E-state index contributed by atoms with van der Waals surface area (Å²) in [5, 5.41) is 4.73. The van der Waals surface area contributed by atoms with Gasteiger partial charge in [0.25, 0.3) is 5.91 Å². The monoisotopic (exact) mass is 221 g/mol. The number of carbonyl (C=O) groups excluding carboxylic acids is 2. The molecule has 0 atom stereocenters. The summed E-state index contributed by atoms with van der Waals surface area (Å²) in [5.74, 6) is -0.520. The second kappa shape index (κ2) is 3.66. The maximum absolute atomic E-state index is 10.8. The summed E-state index contributed by atoms with van der Waals surface area (Å²) in [5.41, 5.74) is 5.44. The number of aromatic nitrogens is 2. The van der Waals surface area contributed by atoms with E-state index in [4.69, 9.17) is 5.73 Å². The van der Waals surface area contributed by atoms with Gasteiger partial charge in [0.15, 0.2) is 6.29 Å². The molecule has 6 heteroatoms. The van der Waals surface area contributed by atoms with Crippen molar-refractivity contribution in [2.45, 2.75) is 0 Å². The molecule has 0 spiro atoms. The Kier molecular flexibility index (Phi) is 2.34. The SMILES string of the molecule is NC(=O)c1cnn(-c2ccc(C=O)s2)c1. The minimum Gasteiger partial charge on any atom is -0.366 e. The van der Waals surface area contributed by atoms with E-state index in [1.807, 2.05) is 0 Å². The molecular weight excluding hydrogens is 214 g/mol. The van der Waals surface area contributed by atoms with Crippen molar-refractivity contribution in [1.29, 1.82) is 0 Å². The molecule has 15 heavy (non-hydrogen) atoms. The zero-order valence-corrected chi connectivity index (χ0v) is 8.40. The lowest BCUT2D eigenvalue weighted by Crippen LogP contribution is -2.09. The van der Waals surface area contributed by atoms with Crippen molar-refractivity contribution in [3.8, 4) is 5.00 Å². The molecule has 0 aliphatic heterocycles. The quantitative estimate of drug-likeness (QED) is 0.780. The number of primary amides is 1. The summed E-state index contributed by atoms with van der Waals surface area (Å²) in [6.45, 7) is 0. The number of thiophene rings is 1. The van der Waals surface area contributed by atoms with Gasteiger partial charge in [0.2, 0.25) is 0 Å². The highest BCUT2D eigenvalue weighted by Gasteiger charge is 2.06. The predicted molar refractivity (Wildman–Crippen MR) is 55.3 cm³/mol. The molecule has 0 aliphatic carbocycles. The maximum Gasteiger partial charge on any atom is 0.251 e. The van der Waals surface area contributed by atoms with Gasteiger partial charge in [-0.25, -0.2) is 4.68 Å². The van der Waals surface area contributed by atoms with Crippen LogP contribution in [0.2, 0.25) is 0 Å². The van der Waals surface area contributed by atoms with Crippen molar-refractivity contribution in [1.82, 2.24) is 9.78 Å². The minimum absolute atomic E-state index is 0.344. The molecule has 0 radical (unpaired) electrons. The Labute approximate surface area is 89.1 Å². The lowest BCUT2D eigenvalue weighted by molar-refractivity contribution is 0.1000. The van der Waals surface area contributed by atoms with Crippen molar-refractivity contribution >= 4 is 23.5 Å². The maximum atomic E-state index is 10.8. The molecule has 2 heterocycles. The van der Waals surface area contributed by atoms with Gasteiger partial charge in [-0.2, -0.15) is 5.10 Å². The molecule has 0 saturated heterocycles. The molecule has 0 unspecified atom stereocenters. The summed E-state index contributed by atoms with van der Waals surface area (Å²) >= 11 is 1.29. The van der Waals surface area contributed by atoms with Crippen LogP contribution in [-0.4, -0.2) is 22.0 Å². The highest BCUT2D eigenvalue weighted by atomic mass is 32.1. The standard InChI is InChI=1S/C9H7N3O2S/c10-9(14)6-3-11-12(4-6)8-2-1-7(5-13)15-8/h1-5H,(H2,10,14). The number of rotatable bonds is 3. The van der Waals surface area contributed by atoms with E-state index < -0.39 is 5.91 Å². The second-order valence-electron chi connectivity index (χ2n) is 2.83. The molecule has 0 fully saturated rings. The number of nitrogens with two attached hydrogens (primary N) is 1. The molecular formula is C9H7N3O2S. The summed E-state index contributed by atoms with van der Waals surface area (Å²) in [6.07, 6.45) is 3.69. The molecule has 2 N–H and O–H groups in total. The normalized spacial score (nSPS) is 10.1. The summed E-state index contributed by atoms with van der Waals surface area (Å²) in [4.78, 5) is 21.9. The highest BCUT2D eigenvalue weighted by molar-refractivity contribution is 7.16. The third-order valence-electron chi connectivity index (χ3n) is 1.82. The van der Waals surface area contributed by atoms with Crippen molar-refractivity contribution in [3.63, 3.8) is 0 Å². The fourth-order valence-electron chi connectivity index (χ4n) is 1.10. The average molecular weight is 221 g/mol. The third-order valence-corrected chi connectivity index (χ3v) is 2.82. The number of aldehydes is 1. The first-order valence-corrected chi connectivity index (χ1v) is 4.92. The van der Waals surface area contributed by atoms with E-state index in [2.05, 4.69) is 5.10 Å². The topological polar surface area (TPSA) is 78.0 Å². The zero-order valence-electron chi connectivity index (χ0n) is 7.58. The predicted octanol–water partition coefficient (Wildman–Crippen LogP) is 0.845. The fourth-order valence-corrected chi connectivity index (χ4v) is 1.85. The first kappa shape index (κ1) is 9.60. The second-order valence-corrected chi connectivity index (χ2v) is 3.93. The minimum atomic E-state index is -0.520. The van der Waals surface area contributed by atoms with Gasteiger partial charge in [-0.1, -0.05) is 0 Å². The van der Waals surface area contributed by atoms with Gasteiger partial charge in [0, 0.05) is 6.20 Å². The Morgan fingerprint density at radius 1 is 1.53 bits per heavy atom. The molecule has 0 aliphatic rings. The average Bonchev–Trinajstić information content (AvgIpc) is 2.86. The van der Waals surface area contributed by atoms with E-state index in [9.17, 15) is 9.59 Å². The van der Waals surface area contributed by atoms with E-state index in [1.54, 1.807) is 12.1 Å². The summed E-state index contributed by atoms with van der Waals surface area (Å²) in [6, 6.07) is 3.45. The van der Waals surface area contributed by atoms with Crippen molar-refractivity contribution < 1.29 is 9.59 Å². The molecule has 2 rings (SSSR count). The molecule has 2 aromatic rings. The highest BCUT2D eigenvalue weighted by Crippen LogP contribution is 2.18. The first-order chi connectivity index (χ1) is 7.20. The van der Waals surface area contributed by atoms with Crippen LogP contribution in [0, 0.1) is 0 Å². The molecule has 2 aromatic heterocycles. The number of amides is 1. The van der Waals surface area contributed by atoms with Gasteiger partial charge < -0.3 is 5.73 Å². The lowest BCUT2D eigenvalue weighted by atomic mass is 10.3. The van der Waals surface area contributed by atoms with Crippen molar-refractivity contribution in [2.24, 2.45) is 5.73 Å². The molecule has 0 aromatic carbocycles. The van der Waals surface area contributed by atoms with Crippen LogP contribution in [0.5, 0.6) is 0 Å². The first-order valence-electron chi connectivity index (χ1n) is 4.10. The van der Waals surface area contributed by atoms with Crippen LogP contribution in [0.15, 0.2) is 24.5 Å². The summed E-state index contributed by atoms with van der Waals surface area (Å²) in [7, 11) is 0. The van der Waals surface area contributed by atoms with Crippen molar-refractivity contribution in [3.05, 3.63) is 35.0 Å². The number of hydrogen-bond donors (Lipinski definition) is 1. The Bertz CT molecular complexity index is 515. The van der Waals surface area contributed by atoms with E-state index >= 15 is 0 Å². The Morgan fingerprint density at radius 2 is 2.33 bits per heavy atom. The van der Waals surface area contributed by atoms with E-state index in [-0.39, 0.29) is 0 Å². The van der Waals surface area contributed by atoms with E-state index in [0.717, 1.165) is 11.3 Å². The smallest absolute Gasteiger partial charge is 0.251 e. The molecule has 76 valence electrons. The molecule has 1 amide bonds. The fraction of sp³-hybridized carbons (Fsp3) is 0. The lowest BCUT2D eigenvalue weighted by Gasteiger charge is -1.92. The Hall–Kier alpha value is -1.95. The Morgan fingerprint density at radius 3 is 2.87 bits per heavy atom. The largest absolute Gasteiger partial charge is 0.366 e. The van der Waals surface area contributed by atoms with E-state index in [1.165, 1.54) is 28.4 Å². The van der Waals surface area contributed by atoms with Crippen LogP contribution in [0.25, 0.3) is 5.00 Å².